The molecule has 1 aliphatic heterocycles. The van der Waals surface area contributed by atoms with Crippen molar-refractivity contribution in [2.75, 3.05) is 63.0 Å². The molecule has 0 unspecified atom stereocenters. The summed E-state index contributed by atoms with van der Waals surface area (Å²) in [6.07, 6.45) is 0.891. The van der Waals surface area contributed by atoms with Gasteiger partial charge in [0.05, 0.1) is 19.9 Å². The first-order chi connectivity index (χ1) is 16.5. The zero-order valence-corrected chi connectivity index (χ0v) is 19.4. The number of carbonyl (C=O) groups is 1. The minimum absolute atomic E-state index is 0.303. The predicted octanol–water partition coefficient (Wildman–Crippen LogP) is 3.60. The molecule has 1 amide bonds. The molecular formula is C24H28N6O4. The Morgan fingerprint density at radius 2 is 1.68 bits per heavy atom. The van der Waals surface area contributed by atoms with Gasteiger partial charge in [-0.3, -0.25) is 5.32 Å². The molecule has 1 aliphatic rings. The quantitative estimate of drug-likeness (QED) is 0.543. The Kier molecular flexibility index (Phi) is 7.28. The third-order valence-electron chi connectivity index (χ3n) is 5.44. The topological polar surface area (TPSA) is 101 Å². The summed E-state index contributed by atoms with van der Waals surface area (Å²) in [5.41, 5.74) is 1.83. The monoisotopic (exact) mass is 464 g/mol. The second-order valence-electron chi connectivity index (χ2n) is 7.76. The van der Waals surface area contributed by atoms with Gasteiger partial charge in [0.15, 0.2) is 0 Å². The molecule has 10 heteroatoms. The maximum absolute atomic E-state index is 12.2. The second-order valence-corrected chi connectivity index (χ2v) is 7.76. The van der Waals surface area contributed by atoms with Crippen LogP contribution in [0.5, 0.6) is 17.2 Å². The van der Waals surface area contributed by atoms with Gasteiger partial charge in [-0.2, -0.15) is 4.98 Å². The third-order valence-corrected chi connectivity index (χ3v) is 5.44. The number of hydrogen-bond donors (Lipinski definition) is 2. The van der Waals surface area contributed by atoms with Crippen LogP contribution in [0, 0.1) is 0 Å². The molecule has 0 atom stereocenters. The Bertz CT molecular complexity index is 1120. The number of rotatable bonds is 7. The summed E-state index contributed by atoms with van der Waals surface area (Å²) in [6.45, 7) is 3.92. The van der Waals surface area contributed by atoms with Crippen LogP contribution >= 0.6 is 0 Å². The van der Waals surface area contributed by atoms with Crippen molar-refractivity contribution >= 4 is 29.2 Å². The Morgan fingerprint density at radius 1 is 0.941 bits per heavy atom. The van der Waals surface area contributed by atoms with Gasteiger partial charge in [0, 0.05) is 44.1 Å². The van der Waals surface area contributed by atoms with Crippen molar-refractivity contribution in [3.8, 4) is 17.2 Å². The van der Waals surface area contributed by atoms with Crippen molar-refractivity contribution in [2.45, 2.75) is 0 Å². The molecule has 0 bridgehead atoms. The molecule has 0 spiro atoms. The van der Waals surface area contributed by atoms with E-state index in [0.717, 1.165) is 43.3 Å². The number of methoxy groups -OCH3 is 2. The van der Waals surface area contributed by atoms with Gasteiger partial charge in [-0.15, -0.1) is 0 Å². The molecule has 0 radical (unpaired) electrons. The van der Waals surface area contributed by atoms with Gasteiger partial charge < -0.3 is 29.3 Å². The van der Waals surface area contributed by atoms with E-state index in [4.69, 9.17) is 14.2 Å². The largest absolute Gasteiger partial charge is 0.497 e. The number of anilines is 4. The zero-order valence-electron chi connectivity index (χ0n) is 19.4. The Balaban J connectivity index is 1.40. The number of ether oxygens (including phenoxy) is 3. The van der Waals surface area contributed by atoms with E-state index in [1.54, 1.807) is 50.7 Å². The Morgan fingerprint density at radius 3 is 2.38 bits per heavy atom. The van der Waals surface area contributed by atoms with Crippen LogP contribution in [0.2, 0.25) is 0 Å². The third kappa shape index (κ3) is 5.84. The smallest absolute Gasteiger partial charge is 0.418 e. The summed E-state index contributed by atoms with van der Waals surface area (Å²) in [5.74, 6) is 2.46. The van der Waals surface area contributed by atoms with Crippen LogP contribution in [0.4, 0.5) is 27.9 Å². The molecule has 1 aromatic heterocycles. The highest BCUT2D eigenvalue weighted by molar-refractivity contribution is 5.85. The van der Waals surface area contributed by atoms with Crippen molar-refractivity contribution in [3.05, 3.63) is 54.7 Å². The van der Waals surface area contributed by atoms with Gasteiger partial charge in [0.2, 0.25) is 5.95 Å². The molecule has 2 N–H and O–H groups in total. The van der Waals surface area contributed by atoms with Gasteiger partial charge >= 0.3 is 6.09 Å². The molecule has 2 heterocycles. The van der Waals surface area contributed by atoms with E-state index in [1.165, 1.54) is 0 Å². The lowest BCUT2D eigenvalue weighted by atomic mass is 10.2. The van der Waals surface area contributed by atoms with Crippen molar-refractivity contribution in [2.24, 2.45) is 0 Å². The summed E-state index contributed by atoms with van der Waals surface area (Å²) in [7, 11) is 5.36. The molecule has 0 aliphatic carbocycles. The highest BCUT2D eigenvalue weighted by Gasteiger charge is 2.18. The Hall–Kier alpha value is -4.05. The van der Waals surface area contributed by atoms with E-state index in [2.05, 4.69) is 37.4 Å². The minimum atomic E-state index is -0.659. The number of piperazine rings is 1. The van der Waals surface area contributed by atoms with E-state index in [0.29, 0.717) is 23.3 Å². The van der Waals surface area contributed by atoms with Crippen LogP contribution < -0.4 is 29.7 Å². The summed E-state index contributed by atoms with van der Waals surface area (Å²) in [4.78, 5) is 25.4. The van der Waals surface area contributed by atoms with Gasteiger partial charge in [-0.25, -0.2) is 9.78 Å². The normalized spacial score (nSPS) is 13.8. The number of amides is 1. The number of benzene rings is 2. The van der Waals surface area contributed by atoms with E-state index in [9.17, 15) is 4.79 Å². The Labute approximate surface area is 198 Å². The standard InChI is InChI=1S/C24H28N6O4/c1-29-12-14-30(15-13-29)20-9-4-17(16-21(20)33-3)26-23-25-11-10-22(27-23)28-24(31)34-19-7-5-18(32-2)6-8-19/h4-11,16H,12-15H2,1-3H3,(H2,25,26,27,28,31). The maximum atomic E-state index is 12.2. The molecule has 3 aromatic rings. The molecule has 0 saturated carbocycles. The molecular weight excluding hydrogens is 436 g/mol. The van der Waals surface area contributed by atoms with Crippen molar-refractivity contribution in [1.29, 1.82) is 0 Å². The van der Waals surface area contributed by atoms with E-state index in [-0.39, 0.29) is 0 Å². The van der Waals surface area contributed by atoms with Gasteiger partial charge in [-0.05, 0) is 49.5 Å². The summed E-state index contributed by atoms with van der Waals surface area (Å²) >= 11 is 0. The molecule has 1 fully saturated rings. The summed E-state index contributed by atoms with van der Waals surface area (Å²) < 4.78 is 16.0. The van der Waals surface area contributed by atoms with Crippen molar-refractivity contribution < 1.29 is 19.0 Å². The highest BCUT2D eigenvalue weighted by atomic mass is 16.6. The molecule has 2 aromatic carbocycles. The summed E-state index contributed by atoms with van der Waals surface area (Å²) in [5, 5.41) is 5.76. The van der Waals surface area contributed by atoms with Crippen LogP contribution in [0.15, 0.2) is 54.7 Å². The number of carbonyl (C=O) groups excluding carboxylic acids is 1. The zero-order chi connectivity index (χ0) is 23.9. The number of hydrogen-bond acceptors (Lipinski definition) is 9. The first-order valence-electron chi connectivity index (χ1n) is 10.9. The van der Waals surface area contributed by atoms with Gasteiger partial charge in [0.1, 0.15) is 23.1 Å². The average molecular weight is 465 g/mol. The molecule has 4 rings (SSSR count). The predicted molar refractivity (Wildman–Crippen MR) is 131 cm³/mol. The van der Waals surface area contributed by atoms with Crippen LogP contribution in [0.1, 0.15) is 0 Å². The lowest BCUT2D eigenvalue weighted by Crippen LogP contribution is -2.44. The first-order valence-corrected chi connectivity index (χ1v) is 10.9. The number of likely N-dealkylation sites (N-methyl/N-ethyl adjacent to an activating group) is 1. The average Bonchev–Trinajstić information content (AvgIpc) is 2.85. The molecule has 1 saturated heterocycles. The van der Waals surface area contributed by atoms with Crippen LogP contribution in [-0.4, -0.2) is 68.4 Å². The van der Waals surface area contributed by atoms with E-state index in [1.807, 2.05) is 18.2 Å². The summed E-state index contributed by atoms with van der Waals surface area (Å²) in [6, 6.07) is 14.2. The van der Waals surface area contributed by atoms with E-state index >= 15 is 0 Å². The highest BCUT2D eigenvalue weighted by Crippen LogP contribution is 2.32. The first kappa shape index (κ1) is 23.1. The number of nitrogens with one attached hydrogen (secondary N) is 2. The lowest BCUT2D eigenvalue weighted by Gasteiger charge is -2.34. The molecule has 178 valence electrons. The fourth-order valence-electron chi connectivity index (χ4n) is 3.56. The van der Waals surface area contributed by atoms with Crippen LogP contribution in [-0.2, 0) is 0 Å². The minimum Gasteiger partial charge on any atom is -0.497 e. The second kappa shape index (κ2) is 10.7. The molecule has 34 heavy (non-hydrogen) atoms. The molecule has 10 nitrogen and oxygen atoms in total. The number of aromatic nitrogens is 2. The fraction of sp³-hybridized carbons (Fsp3) is 0.292. The van der Waals surface area contributed by atoms with Crippen LogP contribution in [0.3, 0.4) is 0 Å². The SMILES string of the molecule is COc1ccc(OC(=O)Nc2ccnc(Nc3ccc(N4CCN(C)CC4)c(OC)c3)n2)cc1. The van der Waals surface area contributed by atoms with Gasteiger partial charge in [-0.1, -0.05) is 0 Å². The van der Waals surface area contributed by atoms with E-state index < -0.39 is 6.09 Å². The van der Waals surface area contributed by atoms with Crippen molar-refractivity contribution in [3.63, 3.8) is 0 Å². The van der Waals surface area contributed by atoms with Crippen molar-refractivity contribution in [1.82, 2.24) is 14.9 Å². The fourth-order valence-corrected chi connectivity index (χ4v) is 3.56. The van der Waals surface area contributed by atoms with Crippen LogP contribution in [0.25, 0.3) is 0 Å². The maximum Gasteiger partial charge on any atom is 0.418 e. The van der Waals surface area contributed by atoms with Gasteiger partial charge in [0.25, 0.3) is 0 Å². The number of nitrogens with zero attached hydrogens (tertiary/aromatic N) is 4. The lowest BCUT2D eigenvalue weighted by molar-refractivity contribution is 0.215.